The van der Waals surface area contributed by atoms with Crippen LogP contribution in [-0.2, 0) is 4.74 Å². The third-order valence-corrected chi connectivity index (χ3v) is 6.31. The Balaban J connectivity index is 1.72. The Kier molecular flexibility index (Phi) is 4.11. The molecule has 5 heteroatoms. The van der Waals surface area contributed by atoms with E-state index < -0.39 is 0 Å². The summed E-state index contributed by atoms with van der Waals surface area (Å²) < 4.78 is 5.47. The molecule has 1 aromatic rings. The first kappa shape index (κ1) is 14.4. The summed E-state index contributed by atoms with van der Waals surface area (Å²) in [6.45, 7) is 8.30. The van der Waals surface area contributed by atoms with Crippen molar-refractivity contribution in [2.75, 3.05) is 19.0 Å². The van der Waals surface area contributed by atoms with Gasteiger partial charge in [0.05, 0.1) is 11.6 Å². The lowest BCUT2D eigenvalue weighted by atomic mass is 9.93. The van der Waals surface area contributed by atoms with Gasteiger partial charge in [0.25, 0.3) is 0 Å². The summed E-state index contributed by atoms with van der Waals surface area (Å²) in [5.41, 5.74) is 1.61. The smallest absolute Gasteiger partial charge is 0.157 e. The normalized spacial score (nSPS) is 25.1. The van der Waals surface area contributed by atoms with E-state index in [1.165, 1.54) is 15.3 Å². The topological polar surface area (TPSA) is 33.6 Å². The highest BCUT2D eigenvalue weighted by Crippen LogP contribution is 2.34. The van der Waals surface area contributed by atoms with Gasteiger partial charge in [-0.2, -0.15) is 0 Å². The molecule has 1 aromatic heterocycles. The van der Waals surface area contributed by atoms with Crippen molar-refractivity contribution < 1.29 is 4.74 Å². The Hall–Kier alpha value is -0.520. The third-order valence-electron chi connectivity index (χ3n) is 4.15. The van der Waals surface area contributed by atoms with Gasteiger partial charge in [-0.15, -0.1) is 11.3 Å². The summed E-state index contributed by atoms with van der Waals surface area (Å²) in [4.78, 5) is 7.67. The number of rotatable bonds is 2. The number of aliphatic imine (C=N–C) groups is 1. The Morgan fingerprint density at radius 2 is 2.10 bits per heavy atom. The number of hydrogen-bond acceptors (Lipinski definition) is 4. The molecule has 0 radical (unpaired) electrons. The van der Waals surface area contributed by atoms with Crippen LogP contribution in [0.2, 0.25) is 0 Å². The van der Waals surface area contributed by atoms with E-state index in [1.54, 1.807) is 0 Å². The molecule has 2 saturated heterocycles. The van der Waals surface area contributed by atoms with Crippen molar-refractivity contribution in [1.29, 1.82) is 0 Å². The van der Waals surface area contributed by atoms with Crippen molar-refractivity contribution in [2.24, 2.45) is 4.99 Å². The van der Waals surface area contributed by atoms with Crippen molar-refractivity contribution in [2.45, 2.75) is 45.2 Å². The zero-order valence-corrected chi connectivity index (χ0v) is 14.0. The highest BCUT2D eigenvalue weighted by molar-refractivity contribution is 8.14. The SMILES string of the molecule is Cc1cc(C(C)N=C2NC3(CCOCC3)CS2)c(C)s1. The number of hydrogen-bond donors (Lipinski definition) is 1. The average molecular weight is 310 g/mol. The number of thiophene rings is 1. The fourth-order valence-electron chi connectivity index (χ4n) is 2.92. The van der Waals surface area contributed by atoms with E-state index in [0.717, 1.165) is 37.0 Å². The summed E-state index contributed by atoms with van der Waals surface area (Å²) in [7, 11) is 0. The van der Waals surface area contributed by atoms with Crippen molar-refractivity contribution in [1.82, 2.24) is 5.32 Å². The van der Waals surface area contributed by atoms with E-state index in [-0.39, 0.29) is 11.6 Å². The molecule has 2 aliphatic heterocycles. The molecule has 1 unspecified atom stereocenters. The van der Waals surface area contributed by atoms with Crippen LogP contribution in [0.3, 0.4) is 0 Å². The number of nitrogens with one attached hydrogen (secondary N) is 1. The Morgan fingerprint density at radius 3 is 2.75 bits per heavy atom. The molecule has 0 saturated carbocycles. The highest BCUT2D eigenvalue weighted by Gasteiger charge is 2.38. The Bertz CT molecular complexity index is 518. The summed E-state index contributed by atoms with van der Waals surface area (Å²) in [5.74, 6) is 1.13. The molecule has 110 valence electrons. The minimum atomic E-state index is 0.237. The van der Waals surface area contributed by atoms with Crippen molar-refractivity contribution in [3.05, 3.63) is 21.4 Å². The van der Waals surface area contributed by atoms with Crippen LogP contribution in [0.1, 0.15) is 41.1 Å². The number of ether oxygens (including phenoxy) is 1. The largest absolute Gasteiger partial charge is 0.381 e. The molecular weight excluding hydrogens is 288 g/mol. The van der Waals surface area contributed by atoms with Crippen molar-refractivity contribution >= 4 is 28.3 Å². The maximum atomic E-state index is 5.47. The maximum Gasteiger partial charge on any atom is 0.157 e. The Morgan fingerprint density at radius 1 is 1.35 bits per heavy atom. The van der Waals surface area contributed by atoms with E-state index in [9.17, 15) is 0 Å². The lowest BCUT2D eigenvalue weighted by Crippen LogP contribution is -2.48. The number of nitrogens with zero attached hydrogens (tertiary/aromatic N) is 1. The molecule has 0 bridgehead atoms. The summed E-state index contributed by atoms with van der Waals surface area (Å²) in [5, 5.41) is 4.78. The Labute approximate surface area is 129 Å². The average Bonchev–Trinajstić information content (AvgIpc) is 2.94. The molecule has 1 atom stereocenters. The van der Waals surface area contributed by atoms with Crippen LogP contribution in [0, 0.1) is 13.8 Å². The molecule has 3 rings (SSSR count). The lowest BCUT2D eigenvalue weighted by Gasteiger charge is -2.32. The van der Waals surface area contributed by atoms with Crippen LogP contribution >= 0.6 is 23.1 Å². The highest BCUT2D eigenvalue weighted by atomic mass is 32.2. The molecule has 0 amide bonds. The van der Waals surface area contributed by atoms with E-state index in [4.69, 9.17) is 9.73 Å². The maximum absolute atomic E-state index is 5.47. The lowest BCUT2D eigenvalue weighted by molar-refractivity contribution is 0.0555. The van der Waals surface area contributed by atoms with Gasteiger partial charge >= 0.3 is 0 Å². The molecule has 0 aromatic carbocycles. The molecule has 3 nitrogen and oxygen atoms in total. The first-order valence-electron chi connectivity index (χ1n) is 7.21. The van der Waals surface area contributed by atoms with Gasteiger partial charge in [0.1, 0.15) is 0 Å². The van der Waals surface area contributed by atoms with Gasteiger partial charge in [-0.3, -0.25) is 4.99 Å². The molecule has 20 heavy (non-hydrogen) atoms. The van der Waals surface area contributed by atoms with Crippen molar-refractivity contribution in [3.8, 4) is 0 Å². The van der Waals surface area contributed by atoms with E-state index >= 15 is 0 Å². The van der Waals surface area contributed by atoms with Crippen LogP contribution in [0.5, 0.6) is 0 Å². The summed E-state index contributed by atoms with van der Waals surface area (Å²) >= 11 is 3.73. The van der Waals surface area contributed by atoms with Crippen molar-refractivity contribution in [3.63, 3.8) is 0 Å². The van der Waals surface area contributed by atoms with Gasteiger partial charge in [0, 0.05) is 28.7 Å². The molecular formula is C15H22N2OS2. The van der Waals surface area contributed by atoms with E-state index in [1.807, 2.05) is 23.1 Å². The first-order valence-corrected chi connectivity index (χ1v) is 9.02. The van der Waals surface area contributed by atoms with Crippen LogP contribution in [0.25, 0.3) is 0 Å². The molecule has 2 aliphatic rings. The molecule has 1 N–H and O–H groups in total. The van der Waals surface area contributed by atoms with E-state index in [2.05, 4.69) is 32.2 Å². The standard InChI is InChI=1S/C15H22N2OS2/c1-10-8-13(12(3)20-10)11(2)16-14-17-15(9-19-14)4-6-18-7-5-15/h8,11H,4-7,9H2,1-3H3,(H,16,17). The van der Waals surface area contributed by atoms with Gasteiger partial charge < -0.3 is 10.1 Å². The predicted octanol–water partition coefficient (Wildman–Crippen LogP) is 3.67. The number of aryl methyl sites for hydroxylation is 2. The minimum Gasteiger partial charge on any atom is -0.381 e. The molecule has 1 spiro atoms. The van der Waals surface area contributed by atoms with Crippen LogP contribution in [0.4, 0.5) is 0 Å². The first-order chi connectivity index (χ1) is 9.58. The third kappa shape index (κ3) is 2.90. The predicted molar refractivity (Wildman–Crippen MR) is 88.0 cm³/mol. The monoisotopic (exact) mass is 310 g/mol. The van der Waals surface area contributed by atoms with Gasteiger partial charge in [-0.1, -0.05) is 11.8 Å². The van der Waals surface area contributed by atoms with Gasteiger partial charge in [-0.05, 0) is 45.2 Å². The number of thioether (sulfide) groups is 1. The zero-order chi connectivity index (χ0) is 14.2. The zero-order valence-electron chi connectivity index (χ0n) is 12.4. The van der Waals surface area contributed by atoms with Gasteiger partial charge in [0.15, 0.2) is 5.17 Å². The minimum absolute atomic E-state index is 0.237. The fourth-order valence-corrected chi connectivity index (χ4v) is 5.23. The fraction of sp³-hybridized carbons (Fsp3) is 0.667. The van der Waals surface area contributed by atoms with Crippen LogP contribution < -0.4 is 5.32 Å². The summed E-state index contributed by atoms with van der Waals surface area (Å²) in [6.07, 6.45) is 2.20. The second-order valence-corrected chi connectivity index (χ2v) is 8.21. The summed E-state index contributed by atoms with van der Waals surface area (Å²) in [6, 6.07) is 2.52. The van der Waals surface area contributed by atoms with Gasteiger partial charge in [-0.25, -0.2) is 0 Å². The molecule has 0 aliphatic carbocycles. The van der Waals surface area contributed by atoms with E-state index in [0.29, 0.717) is 0 Å². The van der Waals surface area contributed by atoms with Crippen LogP contribution in [-0.4, -0.2) is 29.7 Å². The van der Waals surface area contributed by atoms with Crippen LogP contribution in [0.15, 0.2) is 11.1 Å². The second kappa shape index (κ2) is 5.70. The van der Waals surface area contributed by atoms with Gasteiger partial charge in [0.2, 0.25) is 0 Å². The second-order valence-electron chi connectivity index (χ2n) is 5.79. The molecule has 2 fully saturated rings. The number of amidine groups is 1. The molecule has 3 heterocycles. The quantitative estimate of drug-likeness (QED) is 0.905.